The highest BCUT2D eigenvalue weighted by atomic mass is 16.5. The van der Waals surface area contributed by atoms with Crippen molar-refractivity contribution in [1.82, 2.24) is 5.32 Å². The molecule has 1 unspecified atom stereocenters. The number of ether oxygens (including phenoxy) is 2. The van der Waals surface area contributed by atoms with E-state index in [-0.39, 0.29) is 0 Å². The summed E-state index contributed by atoms with van der Waals surface area (Å²) in [7, 11) is 1.69. The third-order valence-corrected chi connectivity index (χ3v) is 3.00. The van der Waals surface area contributed by atoms with Crippen molar-refractivity contribution in [1.29, 1.82) is 0 Å². The lowest BCUT2D eigenvalue weighted by Crippen LogP contribution is -2.30. The summed E-state index contributed by atoms with van der Waals surface area (Å²) in [5, 5.41) is 3.47. The minimum atomic E-state index is 0.391. The smallest absolute Gasteiger partial charge is 0.0700 e. The molecule has 0 saturated heterocycles. The number of nitrogens with one attached hydrogen (secondary N) is 1. The van der Waals surface area contributed by atoms with Crippen molar-refractivity contribution in [3.8, 4) is 0 Å². The lowest BCUT2D eigenvalue weighted by molar-refractivity contribution is 0.0693. The summed E-state index contributed by atoms with van der Waals surface area (Å²) in [6, 6.07) is 0. The standard InChI is InChI=1S/C13H29NO2/c1-12(13(2,3)4)11-14-7-6-8-16-10-9-15-5/h12,14H,6-11H2,1-5H3. The molecule has 0 saturated carbocycles. The SMILES string of the molecule is COCCOCCCNCC(C)C(C)(C)C. The van der Waals surface area contributed by atoms with Crippen molar-refractivity contribution >= 4 is 0 Å². The van der Waals surface area contributed by atoms with Crippen molar-refractivity contribution in [3.05, 3.63) is 0 Å². The molecule has 0 aromatic carbocycles. The number of hydrogen-bond donors (Lipinski definition) is 1. The number of rotatable bonds is 9. The second-order valence-corrected chi connectivity index (χ2v) is 5.43. The van der Waals surface area contributed by atoms with Crippen LogP contribution in [0.5, 0.6) is 0 Å². The van der Waals surface area contributed by atoms with Crippen molar-refractivity contribution in [2.24, 2.45) is 11.3 Å². The van der Waals surface area contributed by atoms with Crippen LogP contribution in [-0.4, -0.2) is 40.0 Å². The van der Waals surface area contributed by atoms with E-state index in [4.69, 9.17) is 9.47 Å². The van der Waals surface area contributed by atoms with Crippen LogP contribution in [-0.2, 0) is 9.47 Å². The molecule has 0 aromatic heterocycles. The molecule has 3 nitrogen and oxygen atoms in total. The van der Waals surface area contributed by atoms with E-state index < -0.39 is 0 Å². The van der Waals surface area contributed by atoms with Gasteiger partial charge in [0.05, 0.1) is 13.2 Å². The average Bonchev–Trinajstić information content (AvgIpc) is 2.20. The van der Waals surface area contributed by atoms with Gasteiger partial charge in [-0.05, 0) is 30.8 Å². The Hall–Kier alpha value is -0.120. The fourth-order valence-electron chi connectivity index (χ4n) is 1.17. The molecule has 0 bridgehead atoms. The van der Waals surface area contributed by atoms with E-state index in [1.54, 1.807) is 7.11 Å². The zero-order chi connectivity index (χ0) is 12.4. The van der Waals surface area contributed by atoms with Gasteiger partial charge in [-0.25, -0.2) is 0 Å². The van der Waals surface area contributed by atoms with E-state index in [2.05, 4.69) is 33.0 Å². The van der Waals surface area contributed by atoms with Crippen molar-refractivity contribution in [3.63, 3.8) is 0 Å². The molecule has 3 heteroatoms. The average molecular weight is 231 g/mol. The van der Waals surface area contributed by atoms with Gasteiger partial charge >= 0.3 is 0 Å². The molecule has 16 heavy (non-hydrogen) atoms. The van der Waals surface area contributed by atoms with E-state index in [1.165, 1.54) is 0 Å². The lowest BCUT2D eigenvalue weighted by atomic mass is 9.82. The van der Waals surface area contributed by atoms with Crippen LogP contribution in [0.15, 0.2) is 0 Å². The van der Waals surface area contributed by atoms with Gasteiger partial charge in [0, 0.05) is 13.7 Å². The fraction of sp³-hybridized carbons (Fsp3) is 1.00. The first kappa shape index (κ1) is 15.9. The van der Waals surface area contributed by atoms with Crippen molar-refractivity contribution in [2.45, 2.75) is 34.1 Å². The lowest BCUT2D eigenvalue weighted by Gasteiger charge is -2.27. The minimum absolute atomic E-state index is 0.391. The van der Waals surface area contributed by atoms with Gasteiger partial charge in [0.15, 0.2) is 0 Å². The van der Waals surface area contributed by atoms with Crippen LogP contribution < -0.4 is 5.32 Å². The first-order valence-corrected chi connectivity index (χ1v) is 6.26. The Balaban J connectivity index is 3.21. The van der Waals surface area contributed by atoms with Crippen LogP contribution in [0.3, 0.4) is 0 Å². The minimum Gasteiger partial charge on any atom is -0.382 e. The Labute approximate surface area is 101 Å². The zero-order valence-electron chi connectivity index (χ0n) is 11.6. The first-order valence-electron chi connectivity index (χ1n) is 6.26. The molecular weight excluding hydrogens is 202 g/mol. The molecule has 0 fully saturated rings. The van der Waals surface area contributed by atoms with Crippen LogP contribution in [0, 0.1) is 11.3 Å². The maximum absolute atomic E-state index is 5.38. The molecule has 1 atom stereocenters. The molecule has 0 heterocycles. The summed E-state index contributed by atoms with van der Waals surface area (Å²) in [6.45, 7) is 13.5. The van der Waals surface area contributed by atoms with Gasteiger partial charge < -0.3 is 14.8 Å². The van der Waals surface area contributed by atoms with E-state index in [0.29, 0.717) is 24.5 Å². The van der Waals surface area contributed by atoms with Gasteiger partial charge in [-0.3, -0.25) is 0 Å². The fourth-order valence-corrected chi connectivity index (χ4v) is 1.17. The molecule has 0 aromatic rings. The molecule has 0 aliphatic carbocycles. The Kier molecular flexibility index (Phi) is 8.90. The highest BCUT2D eigenvalue weighted by Gasteiger charge is 2.18. The summed E-state index contributed by atoms with van der Waals surface area (Å²) < 4.78 is 10.3. The number of hydrogen-bond acceptors (Lipinski definition) is 3. The topological polar surface area (TPSA) is 30.5 Å². The Morgan fingerprint density at radius 2 is 1.81 bits per heavy atom. The highest BCUT2D eigenvalue weighted by Crippen LogP contribution is 2.24. The molecule has 0 spiro atoms. The number of methoxy groups -OCH3 is 1. The monoisotopic (exact) mass is 231 g/mol. The van der Waals surface area contributed by atoms with Crippen LogP contribution in [0.1, 0.15) is 34.1 Å². The van der Waals surface area contributed by atoms with E-state index in [9.17, 15) is 0 Å². The van der Waals surface area contributed by atoms with Crippen LogP contribution >= 0.6 is 0 Å². The molecule has 0 radical (unpaired) electrons. The molecule has 0 aliphatic heterocycles. The van der Waals surface area contributed by atoms with Gasteiger partial charge in [-0.15, -0.1) is 0 Å². The second kappa shape index (κ2) is 8.97. The van der Waals surface area contributed by atoms with Crippen molar-refractivity contribution in [2.75, 3.05) is 40.0 Å². The maximum Gasteiger partial charge on any atom is 0.0700 e. The summed E-state index contributed by atoms with van der Waals surface area (Å²) in [4.78, 5) is 0. The third kappa shape index (κ3) is 9.13. The summed E-state index contributed by atoms with van der Waals surface area (Å²) in [6.07, 6.45) is 1.07. The third-order valence-electron chi connectivity index (χ3n) is 3.00. The summed E-state index contributed by atoms with van der Waals surface area (Å²) >= 11 is 0. The first-order chi connectivity index (χ1) is 7.48. The van der Waals surface area contributed by atoms with E-state index >= 15 is 0 Å². The highest BCUT2D eigenvalue weighted by molar-refractivity contribution is 4.71. The summed E-state index contributed by atoms with van der Waals surface area (Å²) in [5.74, 6) is 0.696. The normalized spacial score (nSPS) is 14.1. The molecule has 0 rings (SSSR count). The molecule has 0 amide bonds. The summed E-state index contributed by atoms with van der Waals surface area (Å²) in [5.41, 5.74) is 0.391. The van der Waals surface area contributed by atoms with Gasteiger partial charge in [-0.2, -0.15) is 0 Å². The Morgan fingerprint density at radius 1 is 1.12 bits per heavy atom. The molecular formula is C13H29NO2. The Morgan fingerprint density at radius 3 is 2.38 bits per heavy atom. The predicted octanol–water partition coefficient (Wildman–Crippen LogP) is 2.31. The molecule has 1 N–H and O–H groups in total. The van der Waals surface area contributed by atoms with Gasteiger partial charge in [0.2, 0.25) is 0 Å². The van der Waals surface area contributed by atoms with Gasteiger partial charge in [-0.1, -0.05) is 27.7 Å². The zero-order valence-corrected chi connectivity index (χ0v) is 11.6. The largest absolute Gasteiger partial charge is 0.382 e. The Bertz CT molecular complexity index is 155. The predicted molar refractivity (Wildman–Crippen MR) is 68.8 cm³/mol. The van der Waals surface area contributed by atoms with Gasteiger partial charge in [0.25, 0.3) is 0 Å². The van der Waals surface area contributed by atoms with Crippen LogP contribution in [0.4, 0.5) is 0 Å². The van der Waals surface area contributed by atoms with E-state index in [1.807, 2.05) is 0 Å². The van der Waals surface area contributed by atoms with E-state index in [0.717, 1.165) is 26.1 Å². The van der Waals surface area contributed by atoms with Gasteiger partial charge in [0.1, 0.15) is 0 Å². The van der Waals surface area contributed by atoms with Crippen molar-refractivity contribution < 1.29 is 9.47 Å². The molecule has 0 aliphatic rings. The maximum atomic E-state index is 5.38. The molecule has 98 valence electrons. The second-order valence-electron chi connectivity index (χ2n) is 5.43. The van der Waals surface area contributed by atoms with Crippen LogP contribution in [0.25, 0.3) is 0 Å². The quantitative estimate of drug-likeness (QED) is 0.618. The van der Waals surface area contributed by atoms with Crippen LogP contribution in [0.2, 0.25) is 0 Å².